The zero-order chi connectivity index (χ0) is 18.8. The van der Waals surface area contributed by atoms with E-state index < -0.39 is 0 Å². The largest absolute Gasteiger partial charge is 0.497 e. The molecule has 0 fully saturated rings. The van der Waals surface area contributed by atoms with Gasteiger partial charge in [0.15, 0.2) is 0 Å². The fourth-order valence-electron chi connectivity index (χ4n) is 3.11. The number of carbonyl (C=O) groups excluding carboxylic acids is 1. The SMILES string of the molecule is COc1cc(OC)cc(C2=N/C(=C\c3c(C)cc(C)cc3C)C(=O)N2)c1. The minimum absolute atomic E-state index is 0.221. The first-order valence-electron chi connectivity index (χ1n) is 8.34. The Kier molecular flexibility index (Phi) is 4.80. The summed E-state index contributed by atoms with van der Waals surface area (Å²) < 4.78 is 10.6. The lowest BCUT2D eigenvalue weighted by Gasteiger charge is -2.08. The number of aliphatic imine (C=N–C) groups is 1. The van der Waals surface area contributed by atoms with E-state index in [1.807, 2.05) is 32.1 Å². The van der Waals surface area contributed by atoms with Crippen LogP contribution in [0.2, 0.25) is 0 Å². The number of benzene rings is 2. The van der Waals surface area contributed by atoms with E-state index >= 15 is 0 Å². The van der Waals surface area contributed by atoms with Gasteiger partial charge in [-0.25, -0.2) is 4.99 Å². The molecule has 0 spiro atoms. The summed E-state index contributed by atoms with van der Waals surface area (Å²) in [5.74, 6) is 1.54. The lowest BCUT2D eigenvalue weighted by molar-refractivity contribution is -0.115. The molecule has 1 aliphatic rings. The Morgan fingerprint density at radius 2 is 1.50 bits per heavy atom. The fourth-order valence-corrected chi connectivity index (χ4v) is 3.11. The van der Waals surface area contributed by atoms with Gasteiger partial charge in [-0.05, 0) is 55.7 Å². The van der Waals surface area contributed by atoms with Gasteiger partial charge >= 0.3 is 0 Å². The third kappa shape index (κ3) is 3.47. The maximum absolute atomic E-state index is 12.4. The number of hydrogen-bond donors (Lipinski definition) is 1. The lowest BCUT2D eigenvalue weighted by Crippen LogP contribution is -2.24. The van der Waals surface area contributed by atoms with Gasteiger partial charge in [-0.1, -0.05) is 17.7 Å². The van der Waals surface area contributed by atoms with Crippen molar-refractivity contribution in [3.05, 3.63) is 63.8 Å². The van der Waals surface area contributed by atoms with Gasteiger partial charge in [-0.15, -0.1) is 0 Å². The van der Waals surface area contributed by atoms with Crippen LogP contribution in [0.4, 0.5) is 0 Å². The average Bonchev–Trinajstić information content (AvgIpc) is 2.98. The van der Waals surface area contributed by atoms with Crippen molar-refractivity contribution in [1.29, 1.82) is 0 Å². The van der Waals surface area contributed by atoms with Gasteiger partial charge in [0.2, 0.25) is 0 Å². The molecule has 0 radical (unpaired) electrons. The molecule has 2 aromatic rings. The average molecular weight is 350 g/mol. The molecular weight excluding hydrogens is 328 g/mol. The second kappa shape index (κ2) is 7.04. The Morgan fingerprint density at radius 1 is 0.923 bits per heavy atom. The van der Waals surface area contributed by atoms with Gasteiger partial charge in [0.05, 0.1) is 14.2 Å². The predicted molar refractivity (Wildman–Crippen MR) is 103 cm³/mol. The van der Waals surface area contributed by atoms with Crippen molar-refractivity contribution < 1.29 is 14.3 Å². The summed E-state index contributed by atoms with van der Waals surface area (Å²) in [5.41, 5.74) is 5.58. The van der Waals surface area contributed by atoms with Gasteiger partial charge < -0.3 is 14.8 Å². The molecule has 0 saturated heterocycles. The highest BCUT2D eigenvalue weighted by molar-refractivity contribution is 6.20. The van der Waals surface area contributed by atoms with Crippen LogP contribution in [0.1, 0.15) is 27.8 Å². The molecule has 0 saturated carbocycles. The van der Waals surface area contributed by atoms with Crippen LogP contribution >= 0.6 is 0 Å². The standard InChI is InChI=1S/C21H22N2O3/c1-12-6-13(2)18(14(3)7-12)11-19-21(24)23-20(22-19)15-8-16(25-4)10-17(9-15)26-5/h6-11H,1-5H3,(H,22,23,24)/b19-11-. The maximum Gasteiger partial charge on any atom is 0.275 e. The molecule has 5 nitrogen and oxygen atoms in total. The van der Waals surface area contributed by atoms with E-state index in [0.29, 0.717) is 23.0 Å². The van der Waals surface area contributed by atoms with Crippen molar-refractivity contribution in [2.45, 2.75) is 20.8 Å². The van der Waals surface area contributed by atoms with Crippen molar-refractivity contribution >= 4 is 17.8 Å². The molecule has 26 heavy (non-hydrogen) atoms. The van der Waals surface area contributed by atoms with Crippen LogP contribution < -0.4 is 14.8 Å². The fraction of sp³-hybridized carbons (Fsp3) is 0.238. The van der Waals surface area contributed by atoms with Crippen molar-refractivity contribution in [3.8, 4) is 11.5 Å². The van der Waals surface area contributed by atoms with Gasteiger partial charge in [-0.2, -0.15) is 0 Å². The highest BCUT2D eigenvalue weighted by Gasteiger charge is 2.22. The van der Waals surface area contributed by atoms with Crippen LogP contribution in [0.15, 0.2) is 41.0 Å². The number of rotatable bonds is 4. The smallest absolute Gasteiger partial charge is 0.275 e. The quantitative estimate of drug-likeness (QED) is 0.858. The summed E-state index contributed by atoms with van der Waals surface area (Å²) in [5, 5.41) is 2.83. The van der Waals surface area contributed by atoms with E-state index in [9.17, 15) is 4.79 Å². The van der Waals surface area contributed by atoms with E-state index in [-0.39, 0.29) is 5.91 Å². The Balaban J connectivity index is 2.03. The van der Waals surface area contributed by atoms with Crippen LogP contribution in [0, 0.1) is 20.8 Å². The minimum atomic E-state index is -0.221. The van der Waals surface area contributed by atoms with Gasteiger partial charge in [0, 0.05) is 11.6 Å². The lowest BCUT2D eigenvalue weighted by atomic mass is 9.99. The number of nitrogens with zero attached hydrogens (tertiary/aromatic N) is 1. The van der Waals surface area contributed by atoms with E-state index in [0.717, 1.165) is 22.3 Å². The summed E-state index contributed by atoms with van der Waals surface area (Å²) in [7, 11) is 3.17. The summed E-state index contributed by atoms with van der Waals surface area (Å²) in [6, 6.07) is 9.60. The van der Waals surface area contributed by atoms with Crippen molar-refractivity contribution in [2.24, 2.45) is 4.99 Å². The van der Waals surface area contributed by atoms with Crippen LogP contribution in [-0.4, -0.2) is 26.0 Å². The van der Waals surface area contributed by atoms with E-state index in [1.165, 1.54) is 5.56 Å². The summed E-state index contributed by atoms with van der Waals surface area (Å²) >= 11 is 0. The van der Waals surface area contributed by atoms with E-state index in [4.69, 9.17) is 9.47 Å². The topological polar surface area (TPSA) is 59.9 Å². The summed E-state index contributed by atoms with van der Waals surface area (Å²) in [6.45, 7) is 6.14. The number of ether oxygens (including phenoxy) is 2. The number of amidine groups is 1. The maximum atomic E-state index is 12.4. The zero-order valence-electron chi connectivity index (χ0n) is 15.6. The second-order valence-corrected chi connectivity index (χ2v) is 6.36. The Morgan fingerprint density at radius 3 is 2.04 bits per heavy atom. The number of carbonyl (C=O) groups is 1. The first-order chi connectivity index (χ1) is 12.4. The molecule has 1 heterocycles. The van der Waals surface area contributed by atoms with Gasteiger partial charge in [0.25, 0.3) is 5.91 Å². The van der Waals surface area contributed by atoms with Crippen molar-refractivity contribution in [2.75, 3.05) is 14.2 Å². The first kappa shape index (κ1) is 17.7. The molecule has 3 rings (SSSR count). The molecule has 2 aromatic carbocycles. The molecule has 1 N–H and O–H groups in total. The van der Waals surface area contributed by atoms with Crippen LogP contribution in [0.25, 0.3) is 6.08 Å². The summed E-state index contributed by atoms with van der Waals surface area (Å²) in [4.78, 5) is 16.9. The van der Waals surface area contributed by atoms with Crippen molar-refractivity contribution in [3.63, 3.8) is 0 Å². The number of nitrogens with one attached hydrogen (secondary N) is 1. The Hall–Kier alpha value is -3.08. The normalized spacial score (nSPS) is 15.0. The Bertz CT molecular complexity index is 897. The molecule has 0 atom stereocenters. The highest BCUT2D eigenvalue weighted by Crippen LogP contribution is 2.25. The molecule has 1 aliphatic heterocycles. The monoisotopic (exact) mass is 350 g/mol. The molecular formula is C21H22N2O3. The number of hydrogen-bond acceptors (Lipinski definition) is 4. The number of amides is 1. The van der Waals surface area contributed by atoms with Crippen LogP contribution in [-0.2, 0) is 4.79 Å². The predicted octanol–water partition coefficient (Wildman–Crippen LogP) is 3.55. The van der Waals surface area contributed by atoms with Gasteiger partial charge in [-0.3, -0.25) is 4.79 Å². The van der Waals surface area contributed by atoms with Gasteiger partial charge in [0.1, 0.15) is 23.0 Å². The molecule has 0 aliphatic carbocycles. The third-order valence-electron chi connectivity index (χ3n) is 4.34. The molecule has 1 amide bonds. The second-order valence-electron chi connectivity index (χ2n) is 6.36. The Labute approximate surface area is 153 Å². The molecule has 0 bridgehead atoms. The molecule has 0 unspecified atom stereocenters. The molecule has 134 valence electrons. The molecule has 5 heteroatoms. The highest BCUT2D eigenvalue weighted by atomic mass is 16.5. The third-order valence-corrected chi connectivity index (χ3v) is 4.34. The minimum Gasteiger partial charge on any atom is -0.497 e. The zero-order valence-corrected chi connectivity index (χ0v) is 15.6. The van der Waals surface area contributed by atoms with Crippen LogP contribution in [0.5, 0.6) is 11.5 Å². The van der Waals surface area contributed by atoms with E-state index in [2.05, 4.69) is 29.4 Å². The molecule has 0 aromatic heterocycles. The van der Waals surface area contributed by atoms with E-state index in [1.54, 1.807) is 20.3 Å². The van der Waals surface area contributed by atoms with Crippen molar-refractivity contribution in [1.82, 2.24) is 5.32 Å². The van der Waals surface area contributed by atoms with Crippen LogP contribution in [0.3, 0.4) is 0 Å². The summed E-state index contributed by atoms with van der Waals surface area (Å²) in [6.07, 6.45) is 1.84. The number of aryl methyl sites for hydroxylation is 3. The first-order valence-corrected chi connectivity index (χ1v) is 8.34. The number of methoxy groups -OCH3 is 2.